The molecule has 0 aromatic carbocycles. The van der Waals surface area contributed by atoms with E-state index in [1.807, 2.05) is 0 Å². The average molecular weight is 239 g/mol. The third-order valence-electron chi connectivity index (χ3n) is 2.85. The van der Waals surface area contributed by atoms with Crippen LogP contribution in [0.25, 0.3) is 0 Å². The molecule has 84 valence electrons. The molecule has 0 heterocycles. The van der Waals surface area contributed by atoms with Gasteiger partial charge in [0.25, 0.3) is 0 Å². The Labute approximate surface area is 91.9 Å². The minimum Gasteiger partial charge on any atom is -0.229 e. The number of halogens is 1. The molecule has 14 heavy (non-hydrogen) atoms. The largest absolute Gasteiger partial charge is 0.229 e. The first-order chi connectivity index (χ1) is 6.47. The Hall–Kier alpha value is 0.240. The van der Waals surface area contributed by atoms with Crippen LogP contribution in [0.3, 0.4) is 0 Å². The van der Waals surface area contributed by atoms with Crippen LogP contribution in [-0.4, -0.2) is 25.8 Å². The van der Waals surface area contributed by atoms with Crippen molar-refractivity contribution in [2.24, 2.45) is 5.92 Å². The van der Waals surface area contributed by atoms with E-state index in [0.29, 0.717) is 17.0 Å². The van der Waals surface area contributed by atoms with Crippen LogP contribution < -0.4 is 0 Å². The van der Waals surface area contributed by atoms with Gasteiger partial charge in [-0.25, -0.2) is 8.42 Å². The van der Waals surface area contributed by atoms with Crippen molar-refractivity contribution in [1.29, 1.82) is 0 Å². The van der Waals surface area contributed by atoms with Crippen molar-refractivity contribution in [3.05, 3.63) is 0 Å². The molecule has 0 aromatic heterocycles. The molecule has 0 spiro atoms. The van der Waals surface area contributed by atoms with Crippen LogP contribution in [0, 0.1) is 5.92 Å². The maximum Gasteiger partial charge on any atom is 0.147 e. The lowest BCUT2D eigenvalue weighted by Gasteiger charge is -2.25. The van der Waals surface area contributed by atoms with Gasteiger partial charge in [0.2, 0.25) is 0 Å². The SMILES string of the molecule is CS(=O)(=O)CCCC1CCCC(Cl)C1. The van der Waals surface area contributed by atoms with E-state index in [1.165, 1.54) is 19.1 Å². The smallest absolute Gasteiger partial charge is 0.147 e. The lowest BCUT2D eigenvalue weighted by atomic mass is 9.86. The topological polar surface area (TPSA) is 34.1 Å². The van der Waals surface area contributed by atoms with E-state index in [4.69, 9.17) is 11.6 Å². The number of alkyl halides is 1. The summed E-state index contributed by atoms with van der Waals surface area (Å²) in [5.74, 6) is 0.990. The van der Waals surface area contributed by atoms with Crippen molar-refractivity contribution in [1.82, 2.24) is 0 Å². The van der Waals surface area contributed by atoms with Crippen LogP contribution in [-0.2, 0) is 9.84 Å². The third-order valence-corrected chi connectivity index (χ3v) is 4.27. The lowest BCUT2D eigenvalue weighted by molar-refractivity contribution is 0.341. The Kier molecular flexibility index (Phi) is 4.71. The fourth-order valence-corrected chi connectivity index (χ4v) is 3.22. The molecule has 1 rings (SSSR count). The second kappa shape index (κ2) is 5.36. The maximum atomic E-state index is 10.9. The van der Waals surface area contributed by atoms with E-state index in [0.717, 1.165) is 25.7 Å². The van der Waals surface area contributed by atoms with Gasteiger partial charge in [-0.1, -0.05) is 12.8 Å². The number of sulfone groups is 1. The molecular weight excluding hydrogens is 220 g/mol. The van der Waals surface area contributed by atoms with E-state index < -0.39 is 9.84 Å². The molecule has 2 atom stereocenters. The van der Waals surface area contributed by atoms with Crippen molar-refractivity contribution in [3.8, 4) is 0 Å². The van der Waals surface area contributed by atoms with Gasteiger partial charge in [0.1, 0.15) is 9.84 Å². The summed E-state index contributed by atoms with van der Waals surface area (Å²) < 4.78 is 21.8. The number of hydrogen-bond donors (Lipinski definition) is 0. The highest BCUT2D eigenvalue weighted by molar-refractivity contribution is 7.90. The fraction of sp³-hybridized carbons (Fsp3) is 1.00. The van der Waals surface area contributed by atoms with E-state index in [9.17, 15) is 8.42 Å². The Morgan fingerprint density at radius 3 is 2.64 bits per heavy atom. The van der Waals surface area contributed by atoms with Crippen LogP contribution in [0.15, 0.2) is 0 Å². The quantitative estimate of drug-likeness (QED) is 0.706. The molecule has 0 amide bonds. The highest BCUT2D eigenvalue weighted by atomic mass is 35.5. The Morgan fingerprint density at radius 2 is 2.07 bits per heavy atom. The molecule has 2 nitrogen and oxygen atoms in total. The Morgan fingerprint density at radius 1 is 1.36 bits per heavy atom. The zero-order valence-electron chi connectivity index (χ0n) is 8.71. The first-order valence-electron chi connectivity index (χ1n) is 5.29. The number of hydrogen-bond acceptors (Lipinski definition) is 2. The van der Waals surface area contributed by atoms with Gasteiger partial charge in [-0.2, -0.15) is 0 Å². The predicted octanol–water partition coefficient (Wildman–Crippen LogP) is 2.61. The van der Waals surface area contributed by atoms with Crippen LogP contribution >= 0.6 is 11.6 Å². The van der Waals surface area contributed by atoms with Gasteiger partial charge in [0, 0.05) is 17.4 Å². The van der Waals surface area contributed by atoms with Gasteiger partial charge in [-0.3, -0.25) is 0 Å². The molecular formula is C10H19ClO2S. The summed E-state index contributed by atoms with van der Waals surface area (Å²) in [5.41, 5.74) is 0. The molecule has 0 aromatic rings. The molecule has 1 aliphatic carbocycles. The summed E-state index contributed by atoms with van der Waals surface area (Å²) in [7, 11) is -2.77. The summed E-state index contributed by atoms with van der Waals surface area (Å²) in [5, 5.41) is 0.326. The van der Waals surface area contributed by atoms with Crippen molar-refractivity contribution >= 4 is 21.4 Å². The second-order valence-corrected chi connectivity index (χ2v) is 7.28. The summed E-state index contributed by atoms with van der Waals surface area (Å²) >= 11 is 6.06. The van der Waals surface area contributed by atoms with Crippen molar-refractivity contribution in [2.45, 2.75) is 43.9 Å². The first-order valence-corrected chi connectivity index (χ1v) is 7.79. The molecule has 1 saturated carbocycles. The fourth-order valence-electron chi connectivity index (χ4n) is 2.12. The molecule has 1 fully saturated rings. The van der Waals surface area contributed by atoms with E-state index in [-0.39, 0.29) is 0 Å². The zero-order valence-corrected chi connectivity index (χ0v) is 10.3. The zero-order chi connectivity index (χ0) is 10.6. The van der Waals surface area contributed by atoms with Crippen LogP contribution in [0.4, 0.5) is 0 Å². The number of rotatable bonds is 4. The normalized spacial score (nSPS) is 29.0. The predicted molar refractivity (Wildman–Crippen MR) is 60.5 cm³/mol. The summed E-state index contributed by atoms with van der Waals surface area (Å²) in [6.07, 6.45) is 7.77. The van der Waals surface area contributed by atoms with Crippen molar-refractivity contribution in [2.75, 3.05) is 12.0 Å². The Balaban J connectivity index is 2.18. The van der Waals surface area contributed by atoms with E-state index in [1.54, 1.807) is 0 Å². The third kappa shape index (κ3) is 5.20. The summed E-state index contributed by atoms with van der Waals surface area (Å²) in [6.45, 7) is 0. The maximum absolute atomic E-state index is 10.9. The van der Waals surface area contributed by atoms with Crippen LogP contribution in [0.2, 0.25) is 0 Å². The molecule has 4 heteroatoms. The monoisotopic (exact) mass is 238 g/mol. The van der Waals surface area contributed by atoms with Crippen LogP contribution in [0.1, 0.15) is 38.5 Å². The lowest BCUT2D eigenvalue weighted by Crippen LogP contribution is -2.16. The standard InChI is InChI=1S/C10H19ClO2S/c1-14(12,13)7-3-5-9-4-2-6-10(11)8-9/h9-10H,2-8H2,1H3. The van der Waals surface area contributed by atoms with E-state index in [2.05, 4.69) is 0 Å². The summed E-state index contributed by atoms with van der Waals surface area (Å²) in [6, 6.07) is 0. The van der Waals surface area contributed by atoms with Gasteiger partial charge < -0.3 is 0 Å². The van der Waals surface area contributed by atoms with Gasteiger partial charge >= 0.3 is 0 Å². The van der Waals surface area contributed by atoms with Crippen molar-refractivity contribution < 1.29 is 8.42 Å². The minimum atomic E-state index is -2.77. The highest BCUT2D eigenvalue weighted by Gasteiger charge is 2.20. The van der Waals surface area contributed by atoms with Gasteiger partial charge in [-0.15, -0.1) is 11.6 Å². The van der Waals surface area contributed by atoms with Crippen molar-refractivity contribution in [3.63, 3.8) is 0 Å². The van der Waals surface area contributed by atoms with Gasteiger partial charge in [0.05, 0.1) is 0 Å². The Bertz CT molecular complexity index is 261. The van der Waals surface area contributed by atoms with E-state index >= 15 is 0 Å². The minimum absolute atomic E-state index is 0.326. The van der Waals surface area contributed by atoms with Gasteiger partial charge in [0.15, 0.2) is 0 Å². The molecule has 0 radical (unpaired) electrons. The molecule has 0 aliphatic heterocycles. The molecule has 0 saturated heterocycles. The first kappa shape index (κ1) is 12.3. The molecule has 1 aliphatic rings. The summed E-state index contributed by atoms with van der Waals surface area (Å²) in [4.78, 5) is 0. The molecule has 0 N–H and O–H groups in total. The average Bonchev–Trinajstić information content (AvgIpc) is 2.01. The molecule has 2 unspecified atom stereocenters. The second-order valence-electron chi connectivity index (χ2n) is 4.40. The van der Waals surface area contributed by atoms with Crippen LogP contribution in [0.5, 0.6) is 0 Å². The van der Waals surface area contributed by atoms with Gasteiger partial charge in [-0.05, 0) is 31.6 Å². The molecule has 0 bridgehead atoms. The highest BCUT2D eigenvalue weighted by Crippen LogP contribution is 2.30.